The maximum Gasteiger partial charge on any atom is 0.192 e. The van der Waals surface area contributed by atoms with Crippen LogP contribution >= 0.6 is 15.9 Å². The van der Waals surface area contributed by atoms with Crippen molar-refractivity contribution >= 4 is 30.5 Å². The standard InChI is InChI=1S/C14H21BrO2Si/c1-14(2,3)18(4,5)17-10-11-6-7-13(15)8-12(11)9-16/h6-9H,10H2,1-5H3. The van der Waals surface area contributed by atoms with Crippen LogP contribution in [0.4, 0.5) is 0 Å². The molecule has 1 rings (SSSR count). The number of hydrogen-bond acceptors (Lipinski definition) is 2. The number of carbonyl (C=O) groups excluding carboxylic acids is 1. The summed E-state index contributed by atoms with van der Waals surface area (Å²) in [7, 11) is -1.76. The van der Waals surface area contributed by atoms with Crippen molar-refractivity contribution in [1.29, 1.82) is 0 Å². The molecule has 100 valence electrons. The number of rotatable bonds is 4. The topological polar surface area (TPSA) is 26.3 Å². The van der Waals surface area contributed by atoms with Crippen molar-refractivity contribution in [2.24, 2.45) is 0 Å². The summed E-state index contributed by atoms with van der Waals surface area (Å²) in [6.45, 7) is 11.6. The molecule has 0 saturated carbocycles. The van der Waals surface area contributed by atoms with Gasteiger partial charge in [0, 0.05) is 10.0 Å². The molecule has 1 aromatic carbocycles. The van der Waals surface area contributed by atoms with Crippen molar-refractivity contribution in [3.63, 3.8) is 0 Å². The van der Waals surface area contributed by atoms with Gasteiger partial charge in [0.15, 0.2) is 8.32 Å². The van der Waals surface area contributed by atoms with Gasteiger partial charge in [-0.05, 0) is 35.8 Å². The normalized spacial score (nSPS) is 12.6. The Morgan fingerprint density at radius 2 is 1.94 bits per heavy atom. The molecule has 0 aliphatic heterocycles. The zero-order valence-corrected chi connectivity index (χ0v) is 14.3. The van der Waals surface area contributed by atoms with Gasteiger partial charge >= 0.3 is 0 Å². The molecule has 0 fully saturated rings. The second-order valence-electron chi connectivity index (χ2n) is 6.01. The Balaban J connectivity index is 2.84. The molecule has 1 aromatic rings. The van der Waals surface area contributed by atoms with E-state index < -0.39 is 8.32 Å². The Morgan fingerprint density at radius 3 is 2.44 bits per heavy atom. The molecule has 18 heavy (non-hydrogen) atoms. The minimum Gasteiger partial charge on any atom is -0.413 e. The fourth-order valence-corrected chi connectivity index (χ4v) is 2.61. The van der Waals surface area contributed by atoms with Crippen LogP contribution in [0.1, 0.15) is 36.7 Å². The van der Waals surface area contributed by atoms with E-state index in [-0.39, 0.29) is 5.04 Å². The van der Waals surface area contributed by atoms with Gasteiger partial charge in [-0.3, -0.25) is 4.79 Å². The molecule has 0 amide bonds. The molecule has 0 unspecified atom stereocenters. The summed E-state index contributed by atoms with van der Waals surface area (Å²) in [4.78, 5) is 11.0. The molecular weight excluding hydrogens is 308 g/mol. The molecule has 0 saturated heterocycles. The van der Waals surface area contributed by atoms with Gasteiger partial charge in [-0.2, -0.15) is 0 Å². The molecule has 0 aliphatic rings. The first-order valence-electron chi connectivity index (χ1n) is 6.05. The van der Waals surface area contributed by atoms with Crippen LogP contribution in [0, 0.1) is 0 Å². The van der Waals surface area contributed by atoms with Crippen LogP contribution in [0.15, 0.2) is 22.7 Å². The van der Waals surface area contributed by atoms with Crippen LogP contribution in [0.3, 0.4) is 0 Å². The lowest BCUT2D eigenvalue weighted by atomic mass is 10.1. The average molecular weight is 329 g/mol. The maximum atomic E-state index is 11.0. The molecule has 0 heterocycles. The zero-order valence-electron chi connectivity index (χ0n) is 11.7. The third-order valence-corrected chi connectivity index (χ3v) is 8.60. The van der Waals surface area contributed by atoms with Gasteiger partial charge in [0.1, 0.15) is 6.29 Å². The molecule has 0 aromatic heterocycles. The van der Waals surface area contributed by atoms with Crippen molar-refractivity contribution in [2.75, 3.05) is 0 Å². The second-order valence-corrected chi connectivity index (χ2v) is 11.7. The van der Waals surface area contributed by atoms with E-state index >= 15 is 0 Å². The first-order chi connectivity index (χ1) is 8.17. The summed E-state index contributed by atoms with van der Waals surface area (Å²) < 4.78 is 7.04. The Labute approximate surface area is 119 Å². The highest BCUT2D eigenvalue weighted by molar-refractivity contribution is 9.10. The molecule has 0 bridgehead atoms. The van der Waals surface area contributed by atoms with Gasteiger partial charge in [-0.25, -0.2) is 0 Å². The Hall–Kier alpha value is -0.453. The summed E-state index contributed by atoms with van der Waals surface area (Å²) in [5.74, 6) is 0. The highest BCUT2D eigenvalue weighted by atomic mass is 79.9. The Morgan fingerprint density at radius 1 is 1.33 bits per heavy atom. The number of aldehydes is 1. The van der Waals surface area contributed by atoms with Crippen LogP contribution in [-0.4, -0.2) is 14.6 Å². The predicted molar refractivity (Wildman–Crippen MR) is 81.5 cm³/mol. The lowest BCUT2D eigenvalue weighted by Crippen LogP contribution is -2.40. The molecular formula is C14H21BrO2Si. The monoisotopic (exact) mass is 328 g/mol. The van der Waals surface area contributed by atoms with Crippen molar-refractivity contribution in [1.82, 2.24) is 0 Å². The van der Waals surface area contributed by atoms with Crippen LogP contribution in [-0.2, 0) is 11.0 Å². The average Bonchev–Trinajstić information content (AvgIpc) is 2.25. The van der Waals surface area contributed by atoms with Crippen molar-refractivity contribution in [3.8, 4) is 0 Å². The molecule has 0 atom stereocenters. The van der Waals surface area contributed by atoms with Crippen molar-refractivity contribution in [2.45, 2.75) is 45.5 Å². The quantitative estimate of drug-likeness (QED) is 0.587. The lowest BCUT2D eigenvalue weighted by molar-refractivity contribution is 0.112. The summed E-state index contributed by atoms with van der Waals surface area (Å²) in [5.41, 5.74) is 1.65. The summed E-state index contributed by atoms with van der Waals surface area (Å²) in [5, 5.41) is 0.184. The Kier molecular flexibility index (Phi) is 4.92. The predicted octanol–water partition coefficient (Wildman–Crippen LogP) is 4.78. The van der Waals surface area contributed by atoms with Gasteiger partial charge < -0.3 is 4.43 Å². The summed E-state index contributed by atoms with van der Waals surface area (Å²) in [6.07, 6.45) is 0.884. The molecule has 0 radical (unpaired) electrons. The number of benzene rings is 1. The minimum absolute atomic E-state index is 0.184. The third kappa shape index (κ3) is 3.77. The second kappa shape index (κ2) is 5.68. The van der Waals surface area contributed by atoms with Crippen LogP contribution in [0.5, 0.6) is 0 Å². The van der Waals surface area contributed by atoms with Crippen LogP contribution < -0.4 is 0 Å². The smallest absolute Gasteiger partial charge is 0.192 e. The number of hydrogen-bond donors (Lipinski definition) is 0. The molecule has 0 spiro atoms. The molecule has 2 nitrogen and oxygen atoms in total. The van der Waals surface area contributed by atoms with E-state index in [0.717, 1.165) is 16.3 Å². The largest absolute Gasteiger partial charge is 0.413 e. The summed E-state index contributed by atoms with van der Waals surface area (Å²) in [6, 6.07) is 5.72. The first kappa shape index (κ1) is 15.6. The van der Waals surface area contributed by atoms with E-state index in [1.165, 1.54) is 0 Å². The van der Waals surface area contributed by atoms with E-state index in [1.54, 1.807) is 0 Å². The van der Waals surface area contributed by atoms with Gasteiger partial charge in [0.2, 0.25) is 0 Å². The van der Waals surface area contributed by atoms with Gasteiger partial charge in [-0.1, -0.05) is 42.8 Å². The van der Waals surface area contributed by atoms with E-state index in [1.807, 2.05) is 18.2 Å². The van der Waals surface area contributed by atoms with Gasteiger partial charge in [0.05, 0.1) is 6.61 Å². The van der Waals surface area contributed by atoms with E-state index in [4.69, 9.17) is 4.43 Å². The Bertz CT molecular complexity index is 436. The highest BCUT2D eigenvalue weighted by Crippen LogP contribution is 2.37. The molecule has 0 aliphatic carbocycles. The third-order valence-electron chi connectivity index (χ3n) is 3.63. The SMILES string of the molecule is CC(C)(C)[Si](C)(C)OCc1ccc(Br)cc1C=O. The number of carbonyl (C=O) groups is 1. The lowest BCUT2D eigenvalue weighted by Gasteiger charge is -2.36. The van der Waals surface area contributed by atoms with Crippen LogP contribution in [0.25, 0.3) is 0 Å². The fourth-order valence-electron chi connectivity index (χ4n) is 1.28. The molecule has 0 N–H and O–H groups in total. The van der Waals surface area contributed by atoms with Gasteiger partial charge in [0.25, 0.3) is 0 Å². The van der Waals surface area contributed by atoms with Crippen molar-refractivity contribution in [3.05, 3.63) is 33.8 Å². The minimum atomic E-state index is -1.76. The highest BCUT2D eigenvalue weighted by Gasteiger charge is 2.37. The maximum absolute atomic E-state index is 11.0. The van der Waals surface area contributed by atoms with E-state index in [0.29, 0.717) is 12.2 Å². The van der Waals surface area contributed by atoms with Gasteiger partial charge in [-0.15, -0.1) is 0 Å². The summed E-state index contributed by atoms with van der Waals surface area (Å²) >= 11 is 3.37. The van der Waals surface area contributed by atoms with E-state index in [9.17, 15) is 4.79 Å². The van der Waals surface area contributed by atoms with Crippen molar-refractivity contribution < 1.29 is 9.22 Å². The fraction of sp³-hybridized carbons (Fsp3) is 0.500. The zero-order chi connectivity index (χ0) is 14.0. The van der Waals surface area contributed by atoms with Crippen LogP contribution in [0.2, 0.25) is 18.1 Å². The first-order valence-corrected chi connectivity index (χ1v) is 9.75. The molecule has 4 heteroatoms. The van der Waals surface area contributed by atoms with E-state index in [2.05, 4.69) is 49.8 Å². The number of halogens is 1.